The lowest BCUT2D eigenvalue weighted by Gasteiger charge is -2.25. The summed E-state index contributed by atoms with van der Waals surface area (Å²) in [5.74, 6) is -0.0319. The van der Waals surface area contributed by atoms with Crippen molar-refractivity contribution in [2.45, 2.75) is 25.8 Å². The van der Waals surface area contributed by atoms with Crippen molar-refractivity contribution < 1.29 is 4.39 Å². The summed E-state index contributed by atoms with van der Waals surface area (Å²) in [7, 11) is 0. The molecule has 1 aromatic rings. The second-order valence-corrected chi connectivity index (χ2v) is 4.53. The van der Waals surface area contributed by atoms with Gasteiger partial charge in [-0.3, -0.25) is 4.90 Å². The molecule has 72 valence electrons. The van der Waals surface area contributed by atoms with E-state index >= 15 is 0 Å². The van der Waals surface area contributed by atoms with Crippen molar-refractivity contribution >= 4 is 11.3 Å². The minimum atomic E-state index is -0.0319. The standard InChI is InChI=1S/C10H14FNS/c11-9-4-7-13-10(9)8-12-5-2-1-3-6-12/h4,7H,1-3,5-6,8H2. The molecule has 0 unspecified atom stereocenters. The number of piperidine rings is 1. The third-order valence-electron chi connectivity index (χ3n) is 2.51. The normalized spacial score (nSPS) is 19.2. The van der Waals surface area contributed by atoms with Gasteiger partial charge >= 0.3 is 0 Å². The Balaban J connectivity index is 1.93. The SMILES string of the molecule is Fc1ccsc1CN1CCCCC1. The van der Waals surface area contributed by atoms with E-state index in [0.717, 1.165) is 24.5 Å². The molecule has 2 rings (SSSR count). The quantitative estimate of drug-likeness (QED) is 0.708. The lowest BCUT2D eigenvalue weighted by atomic mass is 10.1. The number of thiophene rings is 1. The van der Waals surface area contributed by atoms with Crippen LogP contribution in [0.5, 0.6) is 0 Å². The predicted octanol–water partition coefficient (Wildman–Crippen LogP) is 2.87. The summed E-state index contributed by atoms with van der Waals surface area (Å²) < 4.78 is 13.1. The van der Waals surface area contributed by atoms with Gasteiger partial charge in [0.25, 0.3) is 0 Å². The van der Waals surface area contributed by atoms with E-state index in [1.165, 1.54) is 30.6 Å². The van der Waals surface area contributed by atoms with Crippen LogP contribution >= 0.6 is 11.3 Å². The largest absolute Gasteiger partial charge is 0.298 e. The Morgan fingerprint density at radius 2 is 2.08 bits per heavy atom. The first-order valence-electron chi connectivity index (χ1n) is 4.80. The van der Waals surface area contributed by atoms with E-state index < -0.39 is 0 Å². The fraction of sp³-hybridized carbons (Fsp3) is 0.600. The maximum Gasteiger partial charge on any atom is 0.138 e. The molecule has 0 spiro atoms. The van der Waals surface area contributed by atoms with Gasteiger partial charge in [-0.15, -0.1) is 11.3 Å². The predicted molar refractivity (Wildman–Crippen MR) is 53.4 cm³/mol. The Bertz CT molecular complexity index is 266. The molecule has 1 fully saturated rings. The van der Waals surface area contributed by atoms with Crippen LogP contribution in [0.3, 0.4) is 0 Å². The smallest absolute Gasteiger partial charge is 0.138 e. The van der Waals surface area contributed by atoms with Crippen LogP contribution in [0.25, 0.3) is 0 Å². The molecule has 13 heavy (non-hydrogen) atoms. The number of hydrogen-bond acceptors (Lipinski definition) is 2. The highest BCUT2D eigenvalue weighted by molar-refractivity contribution is 7.09. The van der Waals surface area contributed by atoms with Crippen LogP contribution in [0.2, 0.25) is 0 Å². The van der Waals surface area contributed by atoms with Gasteiger partial charge in [-0.05, 0) is 37.4 Å². The molecule has 1 aromatic heterocycles. The van der Waals surface area contributed by atoms with Crippen LogP contribution < -0.4 is 0 Å². The van der Waals surface area contributed by atoms with Crippen molar-refractivity contribution in [3.05, 3.63) is 22.1 Å². The van der Waals surface area contributed by atoms with Gasteiger partial charge in [-0.25, -0.2) is 4.39 Å². The molecule has 0 amide bonds. The molecular weight excluding hydrogens is 185 g/mol. The van der Waals surface area contributed by atoms with Crippen molar-refractivity contribution in [2.75, 3.05) is 13.1 Å². The molecule has 0 aromatic carbocycles. The van der Waals surface area contributed by atoms with E-state index in [1.807, 2.05) is 5.38 Å². The van der Waals surface area contributed by atoms with Gasteiger partial charge in [-0.1, -0.05) is 6.42 Å². The van der Waals surface area contributed by atoms with Gasteiger partial charge in [-0.2, -0.15) is 0 Å². The Hall–Kier alpha value is -0.410. The minimum Gasteiger partial charge on any atom is -0.298 e. The number of nitrogens with zero attached hydrogens (tertiary/aromatic N) is 1. The highest BCUT2D eigenvalue weighted by atomic mass is 32.1. The number of hydrogen-bond donors (Lipinski definition) is 0. The van der Waals surface area contributed by atoms with E-state index in [1.54, 1.807) is 6.07 Å². The van der Waals surface area contributed by atoms with Gasteiger partial charge < -0.3 is 0 Å². The summed E-state index contributed by atoms with van der Waals surface area (Å²) in [6.07, 6.45) is 3.88. The zero-order chi connectivity index (χ0) is 9.10. The zero-order valence-corrected chi connectivity index (χ0v) is 8.45. The molecule has 1 aliphatic rings. The van der Waals surface area contributed by atoms with E-state index in [4.69, 9.17) is 0 Å². The molecule has 0 bridgehead atoms. The maximum atomic E-state index is 13.1. The number of likely N-dealkylation sites (tertiary alicyclic amines) is 1. The first-order valence-corrected chi connectivity index (χ1v) is 5.68. The van der Waals surface area contributed by atoms with Crippen molar-refractivity contribution in [3.8, 4) is 0 Å². The summed E-state index contributed by atoms with van der Waals surface area (Å²) >= 11 is 1.53. The van der Waals surface area contributed by atoms with E-state index in [-0.39, 0.29) is 5.82 Å². The van der Waals surface area contributed by atoms with Crippen molar-refractivity contribution in [1.29, 1.82) is 0 Å². The molecule has 3 heteroatoms. The van der Waals surface area contributed by atoms with Crippen molar-refractivity contribution in [2.24, 2.45) is 0 Å². The van der Waals surface area contributed by atoms with Crippen LogP contribution in [0, 0.1) is 5.82 Å². The highest BCUT2D eigenvalue weighted by Gasteiger charge is 2.12. The Labute approximate surface area is 82.2 Å². The van der Waals surface area contributed by atoms with Crippen LogP contribution in [-0.4, -0.2) is 18.0 Å². The average Bonchev–Trinajstić information content (AvgIpc) is 2.54. The van der Waals surface area contributed by atoms with E-state index in [2.05, 4.69) is 4.90 Å². The molecule has 1 aliphatic heterocycles. The topological polar surface area (TPSA) is 3.24 Å². The Kier molecular flexibility index (Phi) is 2.96. The van der Waals surface area contributed by atoms with Crippen LogP contribution in [-0.2, 0) is 6.54 Å². The summed E-state index contributed by atoms with van der Waals surface area (Å²) in [6, 6.07) is 1.56. The van der Waals surface area contributed by atoms with Gasteiger partial charge in [0.15, 0.2) is 0 Å². The molecule has 0 aliphatic carbocycles. The summed E-state index contributed by atoms with van der Waals surface area (Å²) in [5, 5.41) is 1.83. The molecule has 1 saturated heterocycles. The van der Waals surface area contributed by atoms with Crippen molar-refractivity contribution in [1.82, 2.24) is 4.90 Å². The van der Waals surface area contributed by atoms with Gasteiger partial charge in [0.05, 0.1) is 4.88 Å². The van der Waals surface area contributed by atoms with Gasteiger partial charge in [0.2, 0.25) is 0 Å². The third-order valence-corrected chi connectivity index (χ3v) is 3.39. The fourth-order valence-corrected chi connectivity index (χ4v) is 2.55. The Morgan fingerprint density at radius 1 is 1.31 bits per heavy atom. The fourth-order valence-electron chi connectivity index (χ4n) is 1.76. The molecular formula is C10H14FNS. The third kappa shape index (κ3) is 2.29. The second kappa shape index (κ2) is 4.20. The summed E-state index contributed by atoms with van der Waals surface area (Å²) in [6.45, 7) is 3.08. The van der Waals surface area contributed by atoms with Crippen LogP contribution in [0.4, 0.5) is 4.39 Å². The summed E-state index contributed by atoms with van der Waals surface area (Å²) in [4.78, 5) is 3.24. The Morgan fingerprint density at radius 3 is 2.69 bits per heavy atom. The molecule has 0 radical (unpaired) electrons. The number of halogens is 1. The molecule has 0 N–H and O–H groups in total. The van der Waals surface area contributed by atoms with Gasteiger partial charge in [0, 0.05) is 6.54 Å². The summed E-state index contributed by atoms with van der Waals surface area (Å²) in [5.41, 5.74) is 0. The first-order chi connectivity index (χ1) is 6.36. The molecule has 0 saturated carbocycles. The average molecular weight is 199 g/mol. The van der Waals surface area contributed by atoms with E-state index in [0.29, 0.717) is 0 Å². The molecule has 0 atom stereocenters. The van der Waals surface area contributed by atoms with Crippen LogP contribution in [0.15, 0.2) is 11.4 Å². The number of rotatable bonds is 2. The zero-order valence-electron chi connectivity index (χ0n) is 7.63. The lowest BCUT2D eigenvalue weighted by molar-refractivity contribution is 0.220. The molecule has 1 nitrogen and oxygen atoms in total. The lowest BCUT2D eigenvalue weighted by Crippen LogP contribution is -2.28. The van der Waals surface area contributed by atoms with Gasteiger partial charge in [0.1, 0.15) is 5.82 Å². The minimum absolute atomic E-state index is 0.0319. The first kappa shape index (κ1) is 9.16. The van der Waals surface area contributed by atoms with Crippen molar-refractivity contribution in [3.63, 3.8) is 0 Å². The maximum absolute atomic E-state index is 13.1. The molecule has 2 heterocycles. The van der Waals surface area contributed by atoms with Crippen LogP contribution in [0.1, 0.15) is 24.1 Å². The highest BCUT2D eigenvalue weighted by Crippen LogP contribution is 2.19. The second-order valence-electron chi connectivity index (χ2n) is 3.53. The van der Waals surface area contributed by atoms with E-state index in [9.17, 15) is 4.39 Å². The monoisotopic (exact) mass is 199 g/mol.